The molecule has 2 aromatic rings. The minimum absolute atomic E-state index is 0.0444. The predicted molar refractivity (Wildman–Crippen MR) is 176 cm³/mol. The summed E-state index contributed by atoms with van der Waals surface area (Å²) in [5, 5.41) is 6.01. The largest absolute Gasteiger partial charge is 0.353 e. The van der Waals surface area contributed by atoms with Crippen LogP contribution in [0.1, 0.15) is 76.6 Å². The number of carbonyl (C=O) groups is 2. The molecule has 0 aromatic heterocycles. The number of piperazine rings is 1. The van der Waals surface area contributed by atoms with Gasteiger partial charge in [-0.2, -0.15) is 0 Å². The Kier molecular flexibility index (Phi) is 12.6. The summed E-state index contributed by atoms with van der Waals surface area (Å²) in [4.78, 5) is 29.3. The van der Waals surface area contributed by atoms with Crippen molar-refractivity contribution < 1.29 is 9.59 Å². The summed E-state index contributed by atoms with van der Waals surface area (Å²) in [6.07, 6.45) is 8.87. The third kappa shape index (κ3) is 11.9. The van der Waals surface area contributed by atoms with E-state index in [0.29, 0.717) is 13.1 Å². The number of rotatable bonds is 12. The van der Waals surface area contributed by atoms with Gasteiger partial charge in [-0.05, 0) is 71.2 Å². The normalized spacial score (nSPS) is 15.4. The van der Waals surface area contributed by atoms with E-state index in [0.717, 1.165) is 63.2 Å². The number of hydrogen-bond donors (Lipinski definition) is 2. The van der Waals surface area contributed by atoms with Crippen LogP contribution in [0.15, 0.2) is 60.7 Å². The topological polar surface area (TPSA) is 64.7 Å². The van der Waals surface area contributed by atoms with Crippen LogP contribution < -0.4 is 10.6 Å². The van der Waals surface area contributed by atoms with E-state index in [-0.39, 0.29) is 22.6 Å². The summed E-state index contributed by atoms with van der Waals surface area (Å²) in [7, 11) is 0. The molecule has 0 aliphatic carbocycles. The Bertz CT molecular complexity index is 1080. The lowest BCUT2D eigenvalue weighted by Gasteiger charge is -2.34. The third-order valence-electron chi connectivity index (χ3n) is 7.77. The fourth-order valence-corrected chi connectivity index (χ4v) is 4.92. The molecular weight excluding hydrogens is 520 g/mol. The second kappa shape index (κ2) is 15.9. The van der Waals surface area contributed by atoms with E-state index in [1.54, 1.807) is 12.2 Å². The van der Waals surface area contributed by atoms with Gasteiger partial charge in [0.2, 0.25) is 11.8 Å². The Hall–Kier alpha value is -3.22. The van der Waals surface area contributed by atoms with Crippen LogP contribution in [-0.2, 0) is 20.4 Å². The second-order valence-electron chi connectivity index (χ2n) is 13.4. The Balaban J connectivity index is 1.22. The van der Waals surface area contributed by atoms with Crippen molar-refractivity contribution in [2.45, 2.75) is 65.2 Å². The number of hydrogen-bond acceptors (Lipinski definition) is 4. The van der Waals surface area contributed by atoms with E-state index in [4.69, 9.17) is 0 Å². The SMILES string of the molecule is CC(C)(C)c1ccc(/C=C\C(=O)NCCCN2CCN(CCCNC(=O)/C=C\c3ccc(C(C)(C)C)cc3)CC2)cc1. The van der Waals surface area contributed by atoms with E-state index in [1.807, 2.05) is 12.2 Å². The summed E-state index contributed by atoms with van der Waals surface area (Å²) in [5.74, 6) is -0.0888. The minimum atomic E-state index is -0.0444. The number of nitrogens with one attached hydrogen (secondary N) is 2. The molecular formula is C36H52N4O2. The highest BCUT2D eigenvalue weighted by atomic mass is 16.2. The number of benzene rings is 2. The van der Waals surface area contributed by atoms with Crippen LogP contribution in [0.4, 0.5) is 0 Å². The maximum atomic E-state index is 12.2. The van der Waals surface area contributed by atoms with Crippen molar-refractivity contribution >= 4 is 24.0 Å². The van der Waals surface area contributed by atoms with Crippen molar-refractivity contribution in [3.63, 3.8) is 0 Å². The molecule has 3 rings (SSSR count). The lowest BCUT2D eigenvalue weighted by molar-refractivity contribution is -0.117. The van der Waals surface area contributed by atoms with E-state index in [1.165, 1.54) is 11.1 Å². The molecule has 2 aromatic carbocycles. The molecule has 42 heavy (non-hydrogen) atoms. The first kappa shape index (κ1) is 33.3. The van der Waals surface area contributed by atoms with Crippen LogP contribution in [0, 0.1) is 0 Å². The van der Waals surface area contributed by atoms with Gasteiger partial charge in [0.15, 0.2) is 0 Å². The Morgan fingerprint density at radius 2 is 0.952 bits per heavy atom. The first-order chi connectivity index (χ1) is 19.9. The van der Waals surface area contributed by atoms with Crippen LogP contribution in [0.2, 0.25) is 0 Å². The van der Waals surface area contributed by atoms with E-state index < -0.39 is 0 Å². The molecule has 1 aliphatic rings. The molecule has 1 aliphatic heterocycles. The van der Waals surface area contributed by atoms with E-state index >= 15 is 0 Å². The lowest BCUT2D eigenvalue weighted by Crippen LogP contribution is -2.47. The molecule has 0 unspecified atom stereocenters. The van der Waals surface area contributed by atoms with Crippen molar-refractivity contribution in [2.24, 2.45) is 0 Å². The molecule has 0 radical (unpaired) electrons. The van der Waals surface area contributed by atoms with Crippen molar-refractivity contribution in [3.05, 3.63) is 82.9 Å². The van der Waals surface area contributed by atoms with Crippen LogP contribution >= 0.6 is 0 Å². The Morgan fingerprint density at radius 3 is 1.26 bits per heavy atom. The Labute approximate surface area is 254 Å². The smallest absolute Gasteiger partial charge is 0.243 e. The zero-order valence-electron chi connectivity index (χ0n) is 26.7. The molecule has 228 valence electrons. The second-order valence-corrected chi connectivity index (χ2v) is 13.4. The Morgan fingerprint density at radius 1 is 0.619 bits per heavy atom. The van der Waals surface area contributed by atoms with Gasteiger partial charge in [0.25, 0.3) is 0 Å². The number of amides is 2. The molecule has 1 heterocycles. The van der Waals surface area contributed by atoms with Crippen LogP contribution in [0.3, 0.4) is 0 Å². The van der Waals surface area contributed by atoms with Gasteiger partial charge < -0.3 is 20.4 Å². The summed E-state index contributed by atoms with van der Waals surface area (Å²) < 4.78 is 0. The molecule has 1 fully saturated rings. The van der Waals surface area contributed by atoms with Crippen LogP contribution in [-0.4, -0.2) is 74.0 Å². The lowest BCUT2D eigenvalue weighted by atomic mass is 9.87. The minimum Gasteiger partial charge on any atom is -0.353 e. The standard InChI is InChI=1S/C36H52N4O2/c1-35(2,3)31-15-9-29(10-16-31)13-19-33(41)37-21-7-23-39-25-27-40(28-26-39)24-8-22-38-34(42)20-14-30-11-17-32(18-12-30)36(4,5)6/h9-20H,7-8,21-28H2,1-6H3,(H,37,41)(H,38,42)/b19-13-,20-14-. The van der Waals surface area contributed by atoms with E-state index in [9.17, 15) is 9.59 Å². The van der Waals surface area contributed by atoms with Gasteiger partial charge in [0.05, 0.1) is 0 Å². The monoisotopic (exact) mass is 572 g/mol. The molecule has 2 amide bonds. The summed E-state index contributed by atoms with van der Waals surface area (Å²) in [5.41, 5.74) is 4.90. The van der Waals surface area contributed by atoms with Crippen LogP contribution in [0.25, 0.3) is 12.2 Å². The van der Waals surface area contributed by atoms with Gasteiger partial charge in [0, 0.05) is 51.4 Å². The third-order valence-corrected chi connectivity index (χ3v) is 7.77. The van der Waals surface area contributed by atoms with Gasteiger partial charge in [-0.1, -0.05) is 90.1 Å². The highest BCUT2D eigenvalue weighted by Gasteiger charge is 2.16. The fourth-order valence-electron chi connectivity index (χ4n) is 4.92. The van der Waals surface area contributed by atoms with Gasteiger partial charge in [-0.25, -0.2) is 0 Å². The molecule has 0 spiro atoms. The summed E-state index contributed by atoms with van der Waals surface area (Å²) in [6, 6.07) is 16.8. The average Bonchev–Trinajstić information content (AvgIpc) is 2.95. The van der Waals surface area contributed by atoms with Gasteiger partial charge in [-0.15, -0.1) is 0 Å². The van der Waals surface area contributed by atoms with Crippen molar-refractivity contribution in [1.82, 2.24) is 20.4 Å². The van der Waals surface area contributed by atoms with Crippen molar-refractivity contribution in [3.8, 4) is 0 Å². The molecule has 0 atom stereocenters. The maximum absolute atomic E-state index is 12.2. The molecule has 6 heteroatoms. The molecule has 6 nitrogen and oxygen atoms in total. The van der Waals surface area contributed by atoms with Crippen LogP contribution in [0.5, 0.6) is 0 Å². The van der Waals surface area contributed by atoms with Gasteiger partial charge in [0.1, 0.15) is 0 Å². The predicted octanol–water partition coefficient (Wildman–Crippen LogP) is 5.64. The highest BCUT2D eigenvalue weighted by Crippen LogP contribution is 2.23. The quantitative estimate of drug-likeness (QED) is 0.255. The zero-order valence-corrected chi connectivity index (χ0v) is 26.7. The average molecular weight is 573 g/mol. The number of carbonyl (C=O) groups excluding carboxylic acids is 2. The van der Waals surface area contributed by atoms with Crippen molar-refractivity contribution in [1.29, 1.82) is 0 Å². The maximum Gasteiger partial charge on any atom is 0.243 e. The molecule has 1 saturated heterocycles. The first-order valence-corrected chi connectivity index (χ1v) is 15.5. The molecule has 2 N–H and O–H groups in total. The van der Waals surface area contributed by atoms with Crippen molar-refractivity contribution in [2.75, 3.05) is 52.4 Å². The zero-order chi connectivity index (χ0) is 30.6. The van der Waals surface area contributed by atoms with Gasteiger partial charge >= 0.3 is 0 Å². The van der Waals surface area contributed by atoms with E-state index in [2.05, 4.69) is 111 Å². The summed E-state index contributed by atoms with van der Waals surface area (Å²) >= 11 is 0. The number of nitrogens with zero attached hydrogens (tertiary/aromatic N) is 2. The highest BCUT2D eigenvalue weighted by molar-refractivity contribution is 5.92. The van der Waals surface area contributed by atoms with Gasteiger partial charge in [-0.3, -0.25) is 9.59 Å². The fraction of sp³-hybridized carbons (Fsp3) is 0.500. The first-order valence-electron chi connectivity index (χ1n) is 15.5. The molecule has 0 saturated carbocycles. The molecule has 0 bridgehead atoms. The summed E-state index contributed by atoms with van der Waals surface area (Å²) in [6.45, 7) is 20.7.